The van der Waals surface area contributed by atoms with Crippen molar-refractivity contribution in [1.29, 1.82) is 0 Å². The van der Waals surface area contributed by atoms with Crippen molar-refractivity contribution >= 4 is 50.6 Å². The fraction of sp³-hybridized carbons (Fsp3) is 0.0952. The lowest BCUT2D eigenvalue weighted by molar-refractivity contribution is 0.0693. The molecule has 2 N–H and O–H groups in total. The van der Waals surface area contributed by atoms with E-state index in [1.54, 1.807) is 12.1 Å². The van der Waals surface area contributed by atoms with Gasteiger partial charge in [0, 0.05) is 16.5 Å². The first kappa shape index (κ1) is 20.1. The number of nitrogens with zero attached hydrogens (tertiary/aromatic N) is 2. The molecule has 0 fully saturated rings. The minimum atomic E-state index is -1.14. The van der Waals surface area contributed by atoms with Gasteiger partial charge in [0.25, 0.3) is 0 Å². The van der Waals surface area contributed by atoms with Crippen molar-refractivity contribution in [2.24, 2.45) is 0 Å². The van der Waals surface area contributed by atoms with Crippen molar-refractivity contribution in [3.63, 3.8) is 0 Å². The van der Waals surface area contributed by atoms with E-state index < -0.39 is 5.97 Å². The van der Waals surface area contributed by atoms with Crippen molar-refractivity contribution in [3.05, 3.63) is 64.0 Å². The van der Waals surface area contributed by atoms with E-state index in [1.807, 2.05) is 6.92 Å². The predicted molar refractivity (Wildman–Crippen MR) is 116 cm³/mol. The first-order chi connectivity index (χ1) is 14.4. The van der Waals surface area contributed by atoms with Crippen LogP contribution in [0.25, 0.3) is 21.3 Å². The molecule has 0 aliphatic carbocycles. The third-order valence-corrected chi connectivity index (χ3v) is 5.90. The number of carboxylic acids is 1. The number of halogens is 2. The third kappa shape index (κ3) is 3.55. The summed E-state index contributed by atoms with van der Waals surface area (Å²) in [5.41, 5.74) is 2.12. The van der Waals surface area contributed by atoms with E-state index in [2.05, 4.69) is 15.3 Å². The van der Waals surface area contributed by atoms with Gasteiger partial charge in [-0.3, -0.25) is 0 Å². The minimum Gasteiger partial charge on any atom is -0.496 e. The predicted octanol–water partition coefficient (Wildman–Crippen LogP) is 5.91. The Bertz CT molecular complexity index is 1270. The number of fused-ring (bicyclic) bond motifs is 1. The van der Waals surface area contributed by atoms with Gasteiger partial charge in [0.2, 0.25) is 0 Å². The number of carboxylic acid groups (broad SMARTS) is 1. The molecule has 0 bridgehead atoms. The van der Waals surface area contributed by atoms with Gasteiger partial charge in [0.1, 0.15) is 34.1 Å². The molecule has 4 rings (SSSR count). The van der Waals surface area contributed by atoms with Crippen LogP contribution >= 0.6 is 22.9 Å². The van der Waals surface area contributed by atoms with E-state index in [4.69, 9.17) is 16.3 Å². The number of ether oxygens (including phenoxy) is 1. The molecular weight excluding hydrogens is 429 g/mol. The van der Waals surface area contributed by atoms with Gasteiger partial charge < -0.3 is 15.2 Å². The SMILES string of the molecule is COc1cc(Nc2ncnc3sc(C)c(-c4ccc(F)cc4)c23)c(Cl)cc1C(=O)O. The molecule has 9 heteroatoms. The number of anilines is 2. The Balaban J connectivity index is 1.87. The fourth-order valence-electron chi connectivity index (χ4n) is 3.22. The fourth-order valence-corrected chi connectivity index (χ4v) is 4.44. The number of aromatic nitrogens is 2. The lowest BCUT2D eigenvalue weighted by Crippen LogP contribution is -2.03. The summed E-state index contributed by atoms with van der Waals surface area (Å²) in [4.78, 5) is 21.9. The standard InChI is InChI=1S/C21H15ClFN3O3S/c1-10-17(11-3-5-12(23)6-4-11)18-19(24-9-25-20(18)30-10)26-15-8-16(29-2)13(21(27)28)7-14(15)22/h3-9H,1-2H3,(H,27,28)(H,24,25,26). The number of rotatable bonds is 5. The van der Waals surface area contributed by atoms with Crippen LogP contribution in [-0.2, 0) is 0 Å². The van der Waals surface area contributed by atoms with Crippen LogP contribution in [0.1, 0.15) is 15.2 Å². The van der Waals surface area contributed by atoms with Crippen LogP contribution in [0.3, 0.4) is 0 Å². The summed E-state index contributed by atoms with van der Waals surface area (Å²) < 4.78 is 18.6. The molecule has 0 atom stereocenters. The molecule has 0 saturated carbocycles. The second-order valence-electron chi connectivity index (χ2n) is 6.41. The molecule has 4 aromatic rings. The molecule has 2 heterocycles. The van der Waals surface area contributed by atoms with Crippen molar-refractivity contribution in [1.82, 2.24) is 9.97 Å². The second kappa shape index (κ2) is 7.89. The van der Waals surface area contributed by atoms with Gasteiger partial charge in [-0.1, -0.05) is 23.7 Å². The van der Waals surface area contributed by atoms with E-state index in [9.17, 15) is 14.3 Å². The number of hydrogen-bond donors (Lipinski definition) is 2. The van der Waals surface area contributed by atoms with E-state index in [0.717, 1.165) is 26.2 Å². The van der Waals surface area contributed by atoms with Gasteiger partial charge in [-0.25, -0.2) is 19.2 Å². The number of thiophene rings is 1. The van der Waals surface area contributed by atoms with Crippen LogP contribution in [0.4, 0.5) is 15.9 Å². The quantitative estimate of drug-likeness (QED) is 0.399. The molecule has 152 valence electrons. The lowest BCUT2D eigenvalue weighted by Gasteiger charge is -2.13. The molecule has 0 aliphatic rings. The number of nitrogens with one attached hydrogen (secondary N) is 1. The van der Waals surface area contributed by atoms with Crippen molar-refractivity contribution in [3.8, 4) is 16.9 Å². The Morgan fingerprint density at radius 2 is 1.97 bits per heavy atom. The smallest absolute Gasteiger partial charge is 0.339 e. The maximum Gasteiger partial charge on any atom is 0.339 e. The second-order valence-corrected chi connectivity index (χ2v) is 8.02. The molecule has 0 amide bonds. The van der Waals surface area contributed by atoms with E-state index in [1.165, 1.54) is 49.0 Å². The number of methoxy groups -OCH3 is 1. The number of carbonyl (C=O) groups is 1. The molecule has 6 nitrogen and oxygen atoms in total. The molecule has 0 aliphatic heterocycles. The molecule has 0 unspecified atom stereocenters. The molecule has 30 heavy (non-hydrogen) atoms. The Morgan fingerprint density at radius 1 is 1.23 bits per heavy atom. The molecule has 2 aromatic carbocycles. The van der Waals surface area contributed by atoms with Crippen LogP contribution < -0.4 is 10.1 Å². The number of benzene rings is 2. The average Bonchev–Trinajstić information content (AvgIpc) is 3.06. The normalized spacial score (nSPS) is 10.9. The van der Waals surface area contributed by atoms with Crippen molar-refractivity contribution in [2.45, 2.75) is 6.92 Å². The highest BCUT2D eigenvalue weighted by Crippen LogP contribution is 2.42. The number of hydrogen-bond acceptors (Lipinski definition) is 6. The summed E-state index contributed by atoms with van der Waals surface area (Å²) in [6.45, 7) is 1.96. The minimum absolute atomic E-state index is 0.0423. The van der Waals surface area contributed by atoms with Gasteiger partial charge in [-0.15, -0.1) is 11.3 Å². The third-order valence-electron chi connectivity index (χ3n) is 4.57. The highest BCUT2D eigenvalue weighted by Gasteiger charge is 2.19. The first-order valence-corrected chi connectivity index (χ1v) is 9.96. The molecular formula is C21H15ClFN3O3S. The number of aromatic carboxylic acids is 1. The maximum absolute atomic E-state index is 13.4. The van der Waals surface area contributed by atoms with Crippen molar-refractivity contribution in [2.75, 3.05) is 12.4 Å². The Kier molecular flexibility index (Phi) is 5.27. The Morgan fingerprint density at radius 3 is 2.63 bits per heavy atom. The molecule has 0 spiro atoms. The van der Waals surface area contributed by atoms with Gasteiger partial charge in [-0.05, 0) is 30.7 Å². The molecule has 2 aromatic heterocycles. The van der Waals surface area contributed by atoms with Gasteiger partial charge >= 0.3 is 5.97 Å². The highest BCUT2D eigenvalue weighted by molar-refractivity contribution is 7.19. The van der Waals surface area contributed by atoms with E-state index in [0.29, 0.717) is 11.5 Å². The summed E-state index contributed by atoms with van der Waals surface area (Å²) in [6.07, 6.45) is 1.44. The zero-order chi connectivity index (χ0) is 21.4. The van der Waals surface area contributed by atoms with Crippen LogP contribution in [-0.4, -0.2) is 28.2 Å². The average molecular weight is 444 g/mol. The van der Waals surface area contributed by atoms with E-state index >= 15 is 0 Å². The Labute approximate surface area is 179 Å². The summed E-state index contributed by atoms with van der Waals surface area (Å²) in [5.74, 6) is -0.796. The zero-order valence-corrected chi connectivity index (χ0v) is 17.4. The lowest BCUT2D eigenvalue weighted by atomic mass is 10.0. The largest absolute Gasteiger partial charge is 0.496 e. The number of aryl methyl sites for hydroxylation is 1. The maximum atomic E-state index is 13.4. The highest BCUT2D eigenvalue weighted by atomic mass is 35.5. The molecule has 0 saturated heterocycles. The van der Waals surface area contributed by atoms with Crippen LogP contribution in [0.2, 0.25) is 5.02 Å². The summed E-state index contributed by atoms with van der Waals surface area (Å²) in [7, 11) is 1.39. The van der Waals surface area contributed by atoms with Gasteiger partial charge in [0.15, 0.2) is 0 Å². The summed E-state index contributed by atoms with van der Waals surface area (Å²) in [6, 6.07) is 9.05. The van der Waals surface area contributed by atoms with Crippen LogP contribution in [0, 0.1) is 12.7 Å². The molecule has 0 radical (unpaired) electrons. The van der Waals surface area contributed by atoms with Crippen LogP contribution in [0.5, 0.6) is 5.75 Å². The van der Waals surface area contributed by atoms with Crippen LogP contribution in [0.15, 0.2) is 42.7 Å². The Hall–Kier alpha value is -3.23. The van der Waals surface area contributed by atoms with Gasteiger partial charge in [0.05, 0.1) is 23.2 Å². The summed E-state index contributed by atoms with van der Waals surface area (Å²) in [5, 5.41) is 13.5. The van der Waals surface area contributed by atoms with Gasteiger partial charge in [-0.2, -0.15) is 0 Å². The monoisotopic (exact) mass is 443 g/mol. The van der Waals surface area contributed by atoms with Crippen molar-refractivity contribution < 1.29 is 19.0 Å². The first-order valence-electron chi connectivity index (χ1n) is 8.77. The van der Waals surface area contributed by atoms with E-state index in [-0.39, 0.29) is 22.2 Å². The topological polar surface area (TPSA) is 84.3 Å². The summed E-state index contributed by atoms with van der Waals surface area (Å²) >= 11 is 7.82. The zero-order valence-electron chi connectivity index (χ0n) is 15.9.